The van der Waals surface area contributed by atoms with Gasteiger partial charge in [0.15, 0.2) is 6.10 Å². The normalized spacial score (nSPS) is 30.7. The molecule has 4 atom stereocenters. The van der Waals surface area contributed by atoms with Crippen molar-refractivity contribution in [3.05, 3.63) is 0 Å². The number of hydrogen-bond acceptors (Lipinski definition) is 6. The third-order valence-corrected chi connectivity index (χ3v) is 3.62. The Morgan fingerprint density at radius 2 is 1.89 bits per heavy atom. The first-order valence-corrected chi connectivity index (χ1v) is 6.60. The lowest BCUT2D eigenvalue weighted by Gasteiger charge is -2.39. The Kier molecular flexibility index (Phi) is 6.24. The van der Waals surface area contributed by atoms with Crippen molar-refractivity contribution < 1.29 is 23.8 Å². The molecule has 6 nitrogen and oxygen atoms in total. The summed E-state index contributed by atoms with van der Waals surface area (Å²) in [5.74, 6) is -1.16. The van der Waals surface area contributed by atoms with E-state index in [1.54, 1.807) is 0 Å². The standard InChI is InChI=1S/C13H23NO5/c1-4-5-8-9(12(15)17-2)6-10(13(16)18-3)19-11(8)7-14/h8-11H,4-7,14H2,1-3H3. The number of ether oxygens (including phenoxy) is 3. The number of hydrogen-bond donors (Lipinski definition) is 1. The van der Waals surface area contributed by atoms with Gasteiger partial charge >= 0.3 is 11.9 Å². The van der Waals surface area contributed by atoms with E-state index >= 15 is 0 Å². The van der Waals surface area contributed by atoms with Gasteiger partial charge in [-0.1, -0.05) is 13.3 Å². The van der Waals surface area contributed by atoms with Crippen LogP contribution in [0.3, 0.4) is 0 Å². The van der Waals surface area contributed by atoms with E-state index < -0.39 is 12.1 Å². The molecule has 0 saturated carbocycles. The maximum Gasteiger partial charge on any atom is 0.335 e. The fourth-order valence-electron chi connectivity index (χ4n) is 2.69. The second-order valence-corrected chi connectivity index (χ2v) is 4.74. The summed E-state index contributed by atoms with van der Waals surface area (Å²) in [5.41, 5.74) is 5.70. The summed E-state index contributed by atoms with van der Waals surface area (Å²) in [5, 5.41) is 0. The first kappa shape index (κ1) is 15.9. The number of nitrogens with two attached hydrogens (primary N) is 1. The van der Waals surface area contributed by atoms with Crippen molar-refractivity contribution in [1.29, 1.82) is 0 Å². The molecule has 2 N–H and O–H groups in total. The minimum atomic E-state index is -0.740. The van der Waals surface area contributed by atoms with Crippen LogP contribution < -0.4 is 5.73 Å². The van der Waals surface area contributed by atoms with E-state index in [-0.39, 0.29) is 30.5 Å². The second kappa shape index (κ2) is 7.45. The van der Waals surface area contributed by atoms with Crippen molar-refractivity contribution in [3.8, 4) is 0 Å². The molecule has 0 amide bonds. The molecule has 0 spiro atoms. The Labute approximate surface area is 113 Å². The Morgan fingerprint density at radius 1 is 1.26 bits per heavy atom. The minimum Gasteiger partial charge on any atom is -0.469 e. The van der Waals surface area contributed by atoms with Gasteiger partial charge in [0, 0.05) is 6.54 Å². The lowest BCUT2D eigenvalue weighted by molar-refractivity contribution is -0.179. The zero-order chi connectivity index (χ0) is 14.4. The van der Waals surface area contributed by atoms with Crippen LogP contribution in [0.5, 0.6) is 0 Å². The highest BCUT2D eigenvalue weighted by Gasteiger charge is 2.44. The van der Waals surface area contributed by atoms with Crippen LogP contribution >= 0.6 is 0 Å². The molecule has 0 radical (unpaired) electrons. The molecule has 0 aromatic carbocycles. The molecule has 0 aliphatic carbocycles. The van der Waals surface area contributed by atoms with Gasteiger partial charge < -0.3 is 19.9 Å². The maximum atomic E-state index is 11.9. The van der Waals surface area contributed by atoms with E-state index in [4.69, 9.17) is 15.2 Å². The molecule has 0 aromatic rings. The van der Waals surface area contributed by atoms with Gasteiger partial charge in [-0.15, -0.1) is 0 Å². The summed E-state index contributed by atoms with van der Waals surface area (Å²) in [4.78, 5) is 23.5. The molecule has 1 aliphatic rings. The molecule has 1 heterocycles. The lowest BCUT2D eigenvalue weighted by Crippen LogP contribution is -2.50. The monoisotopic (exact) mass is 273 g/mol. The average Bonchev–Trinajstić information content (AvgIpc) is 2.45. The van der Waals surface area contributed by atoms with Gasteiger partial charge in [0.1, 0.15) is 0 Å². The van der Waals surface area contributed by atoms with Gasteiger partial charge in [-0.05, 0) is 18.8 Å². The molecule has 6 heteroatoms. The van der Waals surface area contributed by atoms with Crippen molar-refractivity contribution >= 4 is 11.9 Å². The number of carbonyl (C=O) groups is 2. The predicted molar refractivity (Wildman–Crippen MR) is 68.3 cm³/mol. The number of carbonyl (C=O) groups excluding carboxylic acids is 2. The molecule has 4 unspecified atom stereocenters. The van der Waals surface area contributed by atoms with Crippen LogP contribution in [0.15, 0.2) is 0 Å². The van der Waals surface area contributed by atoms with E-state index in [0.717, 1.165) is 12.8 Å². The fraction of sp³-hybridized carbons (Fsp3) is 0.846. The molecule has 0 bridgehead atoms. The second-order valence-electron chi connectivity index (χ2n) is 4.74. The number of rotatable bonds is 5. The zero-order valence-electron chi connectivity index (χ0n) is 11.8. The molecule has 110 valence electrons. The van der Waals surface area contributed by atoms with Crippen molar-refractivity contribution in [3.63, 3.8) is 0 Å². The van der Waals surface area contributed by atoms with Crippen molar-refractivity contribution in [2.75, 3.05) is 20.8 Å². The molecule has 19 heavy (non-hydrogen) atoms. The third-order valence-electron chi connectivity index (χ3n) is 3.62. The largest absolute Gasteiger partial charge is 0.469 e. The lowest BCUT2D eigenvalue weighted by atomic mass is 9.78. The maximum absolute atomic E-state index is 11.9. The Bertz CT molecular complexity index is 320. The van der Waals surface area contributed by atoms with E-state index in [1.165, 1.54) is 14.2 Å². The Hall–Kier alpha value is -1.14. The van der Waals surface area contributed by atoms with Crippen LogP contribution in [0, 0.1) is 11.8 Å². The van der Waals surface area contributed by atoms with Gasteiger partial charge in [-0.25, -0.2) is 4.79 Å². The first-order valence-electron chi connectivity index (χ1n) is 6.60. The predicted octanol–water partition coefficient (Wildman–Crippen LogP) is 0.481. The van der Waals surface area contributed by atoms with Crippen LogP contribution in [0.4, 0.5) is 0 Å². The molecule has 1 saturated heterocycles. The minimum absolute atomic E-state index is 0.0108. The molecule has 0 aromatic heterocycles. The highest BCUT2D eigenvalue weighted by Crippen LogP contribution is 2.34. The van der Waals surface area contributed by atoms with E-state index in [2.05, 4.69) is 4.74 Å². The summed E-state index contributed by atoms with van der Waals surface area (Å²) in [6, 6.07) is 0. The van der Waals surface area contributed by atoms with Gasteiger partial charge in [-0.3, -0.25) is 4.79 Å². The van der Waals surface area contributed by atoms with Gasteiger partial charge in [0.2, 0.25) is 0 Å². The molecule has 1 aliphatic heterocycles. The number of esters is 2. The molecular formula is C13H23NO5. The quantitative estimate of drug-likeness (QED) is 0.733. The summed E-state index contributed by atoms with van der Waals surface area (Å²) in [7, 11) is 2.65. The van der Waals surface area contributed by atoms with Crippen LogP contribution in [-0.2, 0) is 23.8 Å². The summed E-state index contributed by atoms with van der Waals surface area (Å²) >= 11 is 0. The molecule has 1 rings (SSSR count). The molecule has 1 fully saturated rings. The highest BCUT2D eigenvalue weighted by atomic mass is 16.6. The smallest absolute Gasteiger partial charge is 0.335 e. The average molecular weight is 273 g/mol. The zero-order valence-corrected chi connectivity index (χ0v) is 11.8. The first-order chi connectivity index (χ1) is 9.08. The van der Waals surface area contributed by atoms with E-state index in [0.29, 0.717) is 6.42 Å². The number of methoxy groups -OCH3 is 2. The van der Waals surface area contributed by atoms with Crippen molar-refractivity contribution in [2.45, 2.75) is 38.4 Å². The summed E-state index contributed by atoms with van der Waals surface area (Å²) in [6.45, 7) is 2.31. The fourth-order valence-corrected chi connectivity index (χ4v) is 2.69. The Balaban J connectivity index is 2.91. The van der Waals surface area contributed by atoms with Crippen LogP contribution in [0.25, 0.3) is 0 Å². The van der Waals surface area contributed by atoms with Gasteiger partial charge in [0.05, 0.1) is 26.2 Å². The SMILES string of the molecule is CCCC1C(CN)OC(C(=O)OC)CC1C(=O)OC. The molecular weight excluding hydrogens is 250 g/mol. The van der Waals surface area contributed by atoms with E-state index in [1.807, 2.05) is 6.92 Å². The summed E-state index contributed by atoms with van der Waals surface area (Å²) in [6.07, 6.45) is 0.967. The van der Waals surface area contributed by atoms with Crippen LogP contribution in [0.1, 0.15) is 26.2 Å². The highest BCUT2D eigenvalue weighted by molar-refractivity contribution is 5.78. The van der Waals surface area contributed by atoms with Crippen LogP contribution in [-0.4, -0.2) is 44.9 Å². The van der Waals surface area contributed by atoms with Gasteiger partial charge in [0.25, 0.3) is 0 Å². The Morgan fingerprint density at radius 3 is 2.37 bits per heavy atom. The van der Waals surface area contributed by atoms with Crippen molar-refractivity contribution in [1.82, 2.24) is 0 Å². The van der Waals surface area contributed by atoms with Crippen LogP contribution in [0.2, 0.25) is 0 Å². The summed E-state index contributed by atoms with van der Waals surface area (Å²) < 4.78 is 15.2. The van der Waals surface area contributed by atoms with E-state index in [9.17, 15) is 9.59 Å². The third kappa shape index (κ3) is 3.67. The van der Waals surface area contributed by atoms with Crippen molar-refractivity contribution in [2.24, 2.45) is 17.6 Å². The topological polar surface area (TPSA) is 87.9 Å². The van der Waals surface area contributed by atoms with Gasteiger partial charge in [-0.2, -0.15) is 0 Å².